The lowest BCUT2D eigenvalue weighted by Gasteiger charge is -2.32. The second kappa shape index (κ2) is 5.53. The summed E-state index contributed by atoms with van der Waals surface area (Å²) in [5, 5.41) is 1.97. The van der Waals surface area contributed by atoms with Gasteiger partial charge in [0.25, 0.3) is 10.0 Å². The Bertz CT molecular complexity index is 743. The van der Waals surface area contributed by atoms with E-state index in [4.69, 9.17) is 11.6 Å². The smallest absolute Gasteiger partial charge is 0.262 e. The number of piperidine rings is 1. The Labute approximate surface area is 133 Å². The van der Waals surface area contributed by atoms with Gasteiger partial charge in [-0.25, -0.2) is 13.4 Å². The minimum Gasteiger partial charge on any atom is -0.279 e. The Morgan fingerprint density at radius 2 is 2.05 bits per heavy atom. The Kier molecular flexibility index (Phi) is 4.02. The number of aromatic nitrogens is 2. The van der Waals surface area contributed by atoms with Gasteiger partial charge in [-0.3, -0.25) is 4.40 Å². The molecular weight excluding hydrogens is 330 g/mol. The molecule has 1 fully saturated rings. The molecule has 0 atom stereocenters. The first-order chi connectivity index (χ1) is 9.91. The lowest BCUT2D eigenvalue weighted by Crippen LogP contribution is -2.40. The fraction of sp³-hybridized carbons (Fsp3) is 0.615. The van der Waals surface area contributed by atoms with Gasteiger partial charge < -0.3 is 0 Å². The molecule has 0 amide bonds. The van der Waals surface area contributed by atoms with Crippen molar-refractivity contribution in [3.63, 3.8) is 0 Å². The molecule has 8 heteroatoms. The minimum absolute atomic E-state index is 0.0628. The zero-order valence-corrected chi connectivity index (χ0v) is 14.4. The fourth-order valence-corrected chi connectivity index (χ4v) is 5.75. The van der Waals surface area contributed by atoms with E-state index in [0.29, 0.717) is 29.9 Å². The molecule has 0 unspecified atom stereocenters. The van der Waals surface area contributed by atoms with Crippen LogP contribution in [0, 0.1) is 11.8 Å². The number of imidazole rings is 1. The van der Waals surface area contributed by atoms with Crippen LogP contribution in [0.4, 0.5) is 0 Å². The van der Waals surface area contributed by atoms with Crippen LogP contribution < -0.4 is 0 Å². The van der Waals surface area contributed by atoms with Crippen LogP contribution in [-0.2, 0) is 10.0 Å². The van der Waals surface area contributed by atoms with Crippen molar-refractivity contribution in [3.8, 4) is 0 Å². The van der Waals surface area contributed by atoms with Crippen LogP contribution in [0.15, 0.2) is 16.6 Å². The highest BCUT2D eigenvalue weighted by Gasteiger charge is 2.34. The van der Waals surface area contributed by atoms with E-state index in [1.54, 1.807) is 14.9 Å². The minimum atomic E-state index is -3.59. The molecule has 2 aromatic heterocycles. The molecule has 2 aromatic rings. The number of nitrogens with zero attached hydrogens (tertiary/aromatic N) is 3. The second-order valence-corrected chi connectivity index (χ2v) is 8.83. The molecule has 0 aliphatic carbocycles. The monoisotopic (exact) mass is 347 g/mol. The van der Waals surface area contributed by atoms with Crippen molar-refractivity contribution in [2.24, 2.45) is 11.8 Å². The summed E-state index contributed by atoms with van der Waals surface area (Å²) in [7, 11) is -3.59. The van der Waals surface area contributed by atoms with Crippen LogP contribution in [0.5, 0.6) is 0 Å². The summed E-state index contributed by atoms with van der Waals surface area (Å²) >= 11 is 7.43. The lowest BCUT2D eigenvalue weighted by atomic mass is 9.87. The second-order valence-electron chi connectivity index (χ2n) is 5.75. The first-order valence-corrected chi connectivity index (χ1v) is 9.72. The zero-order chi connectivity index (χ0) is 15.2. The van der Waals surface area contributed by atoms with E-state index < -0.39 is 10.0 Å². The van der Waals surface area contributed by atoms with Gasteiger partial charge in [0.1, 0.15) is 0 Å². The third-order valence-corrected chi connectivity index (χ3v) is 7.26. The number of thiazole rings is 1. The summed E-state index contributed by atoms with van der Waals surface area (Å²) in [4.78, 5) is 4.73. The van der Waals surface area contributed by atoms with Crippen LogP contribution in [0.25, 0.3) is 4.96 Å². The predicted molar refractivity (Wildman–Crippen MR) is 84.4 cm³/mol. The highest BCUT2D eigenvalue weighted by Crippen LogP contribution is 2.32. The van der Waals surface area contributed by atoms with Crippen LogP contribution in [-0.4, -0.2) is 35.2 Å². The maximum Gasteiger partial charge on any atom is 0.262 e. The van der Waals surface area contributed by atoms with E-state index in [1.165, 1.54) is 11.3 Å². The largest absolute Gasteiger partial charge is 0.279 e. The molecule has 0 aromatic carbocycles. The molecular formula is C13H18ClN3O2S2. The molecule has 1 aliphatic heterocycles. The number of halogens is 1. The van der Waals surface area contributed by atoms with Crippen LogP contribution in [0.3, 0.4) is 0 Å². The molecule has 21 heavy (non-hydrogen) atoms. The van der Waals surface area contributed by atoms with Gasteiger partial charge in [-0.05, 0) is 24.7 Å². The summed E-state index contributed by atoms with van der Waals surface area (Å²) in [6.45, 7) is 5.49. The van der Waals surface area contributed by atoms with Crippen LogP contribution in [0.2, 0.25) is 5.15 Å². The van der Waals surface area contributed by atoms with Gasteiger partial charge >= 0.3 is 0 Å². The lowest BCUT2D eigenvalue weighted by molar-refractivity contribution is 0.226. The van der Waals surface area contributed by atoms with E-state index in [1.807, 2.05) is 5.38 Å². The number of hydrogen-bond acceptors (Lipinski definition) is 4. The SMILES string of the molecule is CC(C)C1CCN(S(=O)(=O)c2c(Cl)nc3sccn23)CC1. The van der Waals surface area contributed by atoms with Crippen molar-refractivity contribution < 1.29 is 8.42 Å². The first kappa shape index (κ1) is 15.3. The highest BCUT2D eigenvalue weighted by molar-refractivity contribution is 7.89. The summed E-state index contributed by atoms with van der Waals surface area (Å²) in [5.41, 5.74) is 0. The van der Waals surface area contributed by atoms with Gasteiger partial charge in [-0.2, -0.15) is 4.31 Å². The Morgan fingerprint density at radius 3 is 2.67 bits per heavy atom. The average molecular weight is 348 g/mol. The molecule has 1 saturated heterocycles. The molecule has 0 N–H and O–H groups in total. The van der Waals surface area contributed by atoms with E-state index in [0.717, 1.165) is 12.8 Å². The Balaban J connectivity index is 1.91. The van der Waals surface area contributed by atoms with Crippen molar-refractivity contribution in [2.75, 3.05) is 13.1 Å². The van der Waals surface area contributed by atoms with E-state index in [-0.39, 0.29) is 10.2 Å². The summed E-state index contributed by atoms with van der Waals surface area (Å²) in [6.07, 6.45) is 3.51. The Morgan fingerprint density at radius 1 is 1.38 bits per heavy atom. The van der Waals surface area contributed by atoms with Gasteiger partial charge in [0.15, 0.2) is 15.1 Å². The van der Waals surface area contributed by atoms with E-state index in [2.05, 4.69) is 18.8 Å². The average Bonchev–Trinajstić information content (AvgIpc) is 2.98. The highest BCUT2D eigenvalue weighted by atomic mass is 35.5. The number of rotatable bonds is 3. The van der Waals surface area contributed by atoms with Gasteiger partial charge in [0, 0.05) is 24.7 Å². The molecule has 0 radical (unpaired) electrons. The van der Waals surface area contributed by atoms with Crippen molar-refractivity contribution in [3.05, 3.63) is 16.7 Å². The molecule has 0 bridgehead atoms. The number of fused-ring (bicyclic) bond motifs is 1. The van der Waals surface area contributed by atoms with Crippen molar-refractivity contribution in [2.45, 2.75) is 31.7 Å². The molecule has 5 nitrogen and oxygen atoms in total. The van der Waals surface area contributed by atoms with Gasteiger partial charge in [0.05, 0.1) is 0 Å². The molecule has 1 aliphatic rings. The topological polar surface area (TPSA) is 54.7 Å². The molecule has 0 spiro atoms. The number of hydrogen-bond donors (Lipinski definition) is 0. The molecule has 0 saturated carbocycles. The van der Waals surface area contributed by atoms with E-state index >= 15 is 0 Å². The maximum atomic E-state index is 12.8. The molecule has 3 heterocycles. The standard InChI is InChI=1S/C13H18ClN3O2S2/c1-9(2)10-3-5-16(6-4-10)21(18,19)12-11(14)15-13-17(12)7-8-20-13/h7-10H,3-6H2,1-2H3. The quantitative estimate of drug-likeness (QED) is 0.857. The first-order valence-electron chi connectivity index (χ1n) is 7.02. The third-order valence-electron chi connectivity index (χ3n) is 4.20. The predicted octanol–water partition coefficient (Wildman–Crippen LogP) is 3.11. The third kappa shape index (κ3) is 2.60. The fourth-order valence-electron chi connectivity index (χ4n) is 2.87. The van der Waals surface area contributed by atoms with E-state index in [9.17, 15) is 8.42 Å². The van der Waals surface area contributed by atoms with Gasteiger partial charge in [-0.1, -0.05) is 25.4 Å². The van der Waals surface area contributed by atoms with Crippen molar-refractivity contribution >= 4 is 37.9 Å². The zero-order valence-electron chi connectivity index (χ0n) is 12.0. The van der Waals surface area contributed by atoms with Crippen molar-refractivity contribution in [1.82, 2.24) is 13.7 Å². The molecule has 116 valence electrons. The maximum absolute atomic E-state index is 12.8. The number of sulfonamides is 1. The molecule has 3 rings (SSSR count). The van der Waals surface area contributed by atoms with Gasteiger partial charge in [-0.15, -0.1) is 11.3 Å². The van der Waals surface area contributed by atoms with Gasteiger partial charge in [0.2, 0.25) is 0 Å². The van der Waals surface area contributed by atoms with Crippen LogP contribution in [0.1, 0.15) is 26.7 Å². The van der Waals surface area contributed by atoms with Crippen molar-refractivity contribution in [1.29, 1.82) is 0 Å². The summed E-state index contributed by atoms with van der Waals surface area (Å²) in [6, 6.07) is 0. The summed E-state index contributed by atoms with van der Waals surface area (Å²) < 4.78 is 28.8. The Hall–Kier alpha value is -0.630. The normalized spacial score (nSPS) is 18.9. The summed E-state index contributed by atoms with van der Waals surface area (Å²) in [5.74, 6) is 1.19. The van der Waals surface area contributed by atoms with Crippen LogP contribution >= 0.6 is 22.9 Å².